The fourth-order valence-electron chi connectivity index (χ4n) is 8.12. The van der Waals surface area contributed by atoms with Gasteiger partial charge in [-0.2, -0.15) is 0 Å². The molecule has 26 nitrogen and oxygen atoms in total. The van der Waals surface area contributed by atoms with E-state index in [1.807, 2.05) is 0 Å². The number of carbonyl (C=O) groups is 10. The number of nitrogens with zero attached hydrogens (tertiary/aromatic N) is 1. The van der Waals surface area contributed by atoms with E-state index in [-0.39, 0.29) is 43.9 Å². The number of rotatable bonds is 16. The molecule has 1 aliphatic heterocycles. The highest BCUT2D eigenvalue weighted by Gasteiger charge is 2.41. The fraction of sp³-hybridized carbons (Fsp3) is 0.566. The van der Waals surface area contributed by atoms with E-state index in [9.17, 15) is 58.2 Å². The molecule has 0 radical (unpaired) electrons. The van der Waals surface area contributed by atoms with Crippen LogP contribution < -0.4 is 64.6 Å². The maximum Gasteiger partial charge on any atom is 0.408 e. The minimum atomic E-state index is -1.90. The molecule has 1 fully saturated rings. The minimum Gasteiger partial charge on any atom is -0.445 e. The van der Waals surface area contributed by atoms with Crippen LogP contribution in [0.3, 0.4) is 0 Å². The third kappa shape index (κ3) is 21.1. The summed E-state index contributed by atoms with van der Waals surface area (Å²) in [7, 11) is 0. The number of hydrogen-bond donors (Lipinski definition) is 14. The molecule has 16 N–H and O–H groups in total. The lowest BCUT2D eigenvalue weighted by Crippen LogP contribution is -2.64. The van der Waals surface area contributed by atoms with Crippen LogP contribution >= 0.6 is 0 Å². The van der Waals surface area contributed by atoms with E-state index in [1.165, 1.54) is 19.1 Å². The van der Waals surface area contributed by atoms with Crippen molar-refractivity contribution in [2.45, 2.75) is 155 Å². The molecular formula is C53H81N13O13. The Morgan fingerprint density at radius 1 is 0.671 bits per heavy atom. The monoisotopic (exact) mass is 1110 g/mol. The van der Waals surface area contributed by atoms with Gasteiger partial charge in [-0.3, -0.25) is 48.1 Å². The Morgan fingerprint density at radius 2 is 1.22 bits per heavy atom. The van der Waals surface area contributed by atoms with Crippen molar-refractivity contribution in [1.29, 1.82) is 0 Å². The molecule has 0 saturated carbocycles. The molecule has 10 amide bonds. The van der Waals surface area contributed by atoms with Crippen LogP contribution in [0.5, 0.6) is 0 Å². The zero-order valence-electron chi connectivity index (χ0n) is 46.1. The summed E-state index contributed by atoms with van der Waals surface area (Å²) in [6, 6.07) is 2.45. The maximum atomic E-state index is 14.9. The molecule has 436 valence electrons. The predicted molar refractivity (Wildman–Crippen MR) is 290 cm³/mol. The Hall–Kier alpha value is -7.87. The van der Waals surface area contributed by atoms with Gasteiger partial charge in [0.05, 0.1) is 25.3 Å². The molecule has 11 atom stereocenters. The van der Waals surface area contributed by atoms with Crippen molar-refractivity contribution >= 4 is 65.2 Å². The van der Waals surface area contributed by atoms with Gasteiger partial charge in [0, 0.05) is 6.54 Å². The number of ether oxygens (including phenoxy) is 1. The quantitative estimate of drug-likeness (QED) is 0.0504. The molecule has 0 spiro atoms. The lowest BCUT2D eigenvalue weighted by molar-refractivity contribution is -0.138. The standard InChI is InChI=1S/C53H81N13O13/c1-9-18-34-45(71)59-35(23-17-24-56-52(54)55)46(72)63-39(30(7)10-2)49(75)62-38(28(3)4)48(74)57-25-37(68)58-31(8)44(70)61-36(26-67)47(73)64-40(33-21-15-12-16-22-33)41(66-53(78)79-27-32-19-13-11-14-20-32)50(76)65-42(51(77)60-34)43(69)29(5)6/h11-16,19-22,28-31,34-36,38-43,67,69H,9-10,17-18,23-27H2,1-8H3,(H,57,74)(H,58,68)(H,59,71)(H,60,77)(H,61,70)(H,62,75)(H,63,72)(H,64,73)(H,65,76)(H,66,78)(H4,54,55,56)/t30?,31?,34?,35-,36?,38+,39+,40-,41+,42+,43-/m1/s1. The van der Waals surface area contributed by atoms with Crippen LogP contribution in [-0.4, -0.2) is 150 Å². The molecular weight excluding hydrogens is 1030 g/mol. The SMILES string of the molecule is CCCC1NC(=O)[C@H]([C@H](O)C(C)C)NC(=O)[C@@H](NC(=O)OCc2ccccc2)[C@@H](c2ccccc2)NC(=O)C(CO)NC(=O)C(C)NC(=O)CNC(=O)[C@H](C(C)C)NC(=O)[C@H](C(C)CC)NC(=O)[C@@H](CCCN=C(N)N)NC1=O. The third-order valence-corrected chi connectivity index (χ3v) is 13.0. The van der Waals surface area contributed by atoms with Crippen LogP contribution in [0.4, 0.5) is 4.79 Å². The van der Waals surface area contributed by atoms with Gasteiger partial charge in [0.15, 0.2) is 5.96 Å². The first-order chi connectivity index (χ1) is 37.4. The zero-order valence-corrected chi connectivity index (χ0v) is 46.1. The summed E-state index contributed by atoms with van der Waals surface area (Å²) in [6.45, 7) is 10.9. The first kappa shape index (κ1) is 65.4. The normalized spacial score (nSPS) is 24.7. The number of hydrogen-bond acceptors (Lipinski definition) is 14. The molecule has 3 rings (SSSR count). The van der Waals surface area contributed by atoms with Gasteiger partial charge in [-0.05, 0) is 55.1 Å². The molecule has 79 heavy (non-hydrogen) atoms. The summed E-state index contributed by atoms with van der Waals surface area (Å²) < 4.78 is 5.48. The van der Waals surface area contributed by atoms with Crippen molar-refractivity contribution in [3.63, 3.8) is 0 Å². The summed E-state index contributed by atoms with van der Waals surface area (Å²) in [5, 5.41) is 47.6. The maximum absolute atomic E-state index is 14.9. The average Bonchev–Trinajstić information content (AvgIpc) is 3.43. The van der Waals surface area contributed by atoms with Crippen molar-refractivity contribution in [2.24, 2.45) is 34.2 Å². The Labute approximate surface area is 460 Å². The van der Waals surface area contributed by atoms with Crippen molar-refractivity contribution in [2.75, 3.05) is 19.7 Å². The average molecular weight is 1110 g/mol. The lowest BCUT2D eigenvalue weighted by atomic mass is 9.95. The summed E-state index contributed by atoms with van der Waals surface area (Å²) in [4.78, 5) is 144. The van der Waals surface area contributed by atoms with Crippen LogP contribution in [0.25, 0.3) is 0 Å². The third-order valence-electron chi connectivity index (χ3n) is 13.0. The van der Waals surface area contributed by atoms with E-state index in [0.717, 1.165) is 0 Å². The van der Waals surface area contributed by atoms with Crippen molar-refractivity contribution < 1.29 is 62.9 Å². The number of amides is 10. The smallest absolute Gasteiger partial charge is 0.408 e. The number of carbonyl (C=O) groups excluding carboxylic acids is 10. The van der Waals surface area contributed by atoms with E-state index in [1.54, 1.807) is 97.0 Å². The van der Waals surface area contributed by atoms with Crippen molar-refractivity contribution in [1.82, 2.24) is 53.2 Å². The van der Waals surface area contributed by atoms with E-state index >= 15 is 0 Å². The van der Waals surface area contributed by atoms with Crippen LogP contribution in [0.1, 0.15) is 105 Å². The first-order valence-electron chi connectivity index (χ1n) is 26.5. The van der Waals surface area contributed by atoms with Gasteiger partial charge in [-0.25, -0.2) is 4.79 Å². The number of alkyl carbamates (subject to hydrolysis) is 1. The van der Waals surface area contributed by atoms with Gasteiger partial charge >= 0.3 is 6.09 Å². The van der Waals surface area contributed by atoms with Gasteiger partial charge in [-0.15, -0.1) is 0 Å². The summed E-state index contributed by atoms with van der Waals surface area (Å²) >= 11 is 0. The van der Waals surface area contributed by atoms with E-state index in [0.29, 0.717) is 18.4 Å². The Morgan fingerprint density at radius 3 is 1.80 bits per heavy atom. The minimum absolute atomic E-state index is 0.0303. The second kappa shape index (κ2) is 32.8. The highest BCUT2D eigenvalue weighted by atomic mass is 16.5. The number of aliphatic imine (C=N–C) groups is 1. The summed E-state index contributed by atoms with van der Waals surface area (Å²) in [5.74, 6) is -10.5. The second-order valence-corrected chi connectivity index (χ2v) is 20.0. The van der Waals surface area contributed by atoms with Gasteiger partial charge in [-0.1, -0.05) is 122 Å². The molecule has 2 aromatic carbocycles. The second-order valence-electron chi connectivity index (χ2n) is 20.0. The summed E-state index contributed by atoms with van der Waals surface area (Å²) in [6.07, 6.45) is -2.16. The van der Waals surface area contributed by atoms with Crippen LogP contribution in [0, 0.1) is 17.8 Å². The lowest BCUT2D eigenvalue weighted by Gasteiger charge is -2.33. The highest BCUT2D eigenvalue weighted by Crippen LogP contribution is 2.20. The van der Waals surface area contributed by atoms with Crippen LogP contribution in [-0.2, 0) is 54.5 Å². The topological polar surface area (TPSA) is 405 Å². The number of nitrogens with one attached hydrogen (secondary N) is 10. The van der Waals surface area contributed by atoms with Crippen LogP contribution in [0.2, 0.25) is 0 Å². The Kier molecular flexibility index (Phi) is 27.1. The molecule has 26 heteroatoms. The first-order valence-corrected chi connectivity index (χ1v) is 26.5. The number of nitrogens with two attached hydrogens (primary N) is 2. The largest absolute Gasteiger partial charge is 0.445 e. The Balaban J connectivity index is 2.24. The number of guanidine groups is 1. The molecule has 0 aliphatic carbocycles. The van der Waals surface area contributed by atoms with Gasteiger partial charge < -0.3 is 79.6 Å². The molecule has 1 aliphatic rings. The molecule has 1 saturated heterocycles. The van der Waals surface area contributed by atoms with Gasteiger partial charge in [0.1, 0.15) is 54.9 Å². The van der Waals surface area contributed by atoms with E-state index < -0.39 is 151 Å². The van der Waals surface area contributed by atoms with Gasteiger partial charge in [0.2, 0.25) is 53.2 Å². The Bertz CT molecular complexity index is 2410. The van der Waals surface area contributed by atoms with Crippen LogP contribution in [0.15, 0.2) is 65.7 Å². The fourth-order valence-corrected chi connectivity index (χ4v) is 8.12. The zero-order chi connectivity index (χ0) is 58.9. The molecule has 0 aromatic heterocycles. The molecule has 2 aromatic rings. The van der Waals surface area contributed by atoms with Gasteiger partial charge in [0.25, 0.3) is 0 Å². The number of aliphatic hydroxyl groups is 2. The summed E-state index contributed by atoms with van der Waals surface area (Å²) in [5.41, 5.74) is 11.8. The van der Waals surface area contributed by atoms with E-state index in [4.69, 9.17) is 16.2 Å². The van der Waals surface area contributed by atoms with Crippen molar-refractivity contribution in [3.05, 3.63) is 71.8 Å². The molecule has 1 heterocycles. The molecule has 4 unspecified atom stereocenters. The molecule has 0 bridgehead atoms. The highest BCUT2D eigenvalue weighted by molar-refractivity contribution is 5.98. The number of aliphatic hydroxyl groups excluding tert-OH is 2. The number of benzene rings is 2. The van der Waals surface area contributed by atoms with E-state index in [2.05, 4.69) is 58.2 Å². The van der Waals surface area contributed by atoms with Crippen molar-refractivity contribution in [3.8, 4) is 0 Å². The predicted octanol–water partition coefficient (Wildman–Crippen LogP) is -1.75.